The van der Waals surface area contributed by atoms with Crippen LogP contribution in [-0.2, 0) is 6.42 Å². The van der Waals surface area contributed by atoms with Crippen molar-refractivity contribution in [3.05, 3.63) is 60.1 Å². The summed E-state index contributed by atoms with van der Waals surface area (Å²) in [6, 6.07) is 13.5. The number of rotatable bonds is 6. The van der Waals surface area contributed by atoms with E-state index in [1.807, 2.05) is 18.2 Å². The molecule has 19 heavy (non-hydrogen) atoms. The second-order valence-electron chi connectivity index (χ2n) is 4.29. The van der Waals surface area contributed by atoms with E-state index >= 15 is 0 Å². The Morgan fingerprint density at radius 2 is 1.89 bits per heavy atom. The Morgan fingerprint density at radius 1 is 1.11 bits per heavy atom. The Hall–Kier alpha value is -2.07. The van der Waals surface area contributed by atoms with Crippen LogP contribution in [0, 0.1) is 0 Å². The maximum absolute atomic E-state index is 12.2. The summed E-state index contributed by atoms with van der Waals surface area (Å²) in [5.41, 5.74) is 6.77. The predicted octanol–water partition coefficient (Wildman–Crippen LogP) is 1.92. The molecule has 1 amide bonds. The zero-order chi connectivity index (χ0) is 13.5. The quantitative estimate of drug-likeness (QED) is 0.861. The van der Waals surface area contributed by atoms with Gasteiger partial charge in [0.15, 0.2) is 5.76 Å². The molecular formula is C15H18N2O2. The van der Waals surface area contributed by atoms with Gasteiger partial charge in [-0.15, -0.1) is 0 Å². The second kappa shape index (κ2) is 6.75. The minimum Gasteiger partial charge on any atom is -0.459 e. The molecule has 0 unspecified atom stereocenters. The van der Waals surface area contributed by atoms with Gasteiger partial charge >= 0.3 is 0 Å². The van der Waals surface area contributed by atoms with Crippen LogP contribution in [0.3, 0.4) is 0 Å². The fraction of sp³-hybridized carbons (Fsp3) is 0.267. The molecule has 0 atom stereocenters. The van der Waals surface area contributed by atoms with E-state index < -0.39 is 0 Å². The average molecular weight is 258 g/mol. The second-order valence-corrected chi connectivity index (χ2v) is 4.29. The molecule has 2 N–H and O–H groups in total. The topological polar surface area (TPSA) is 59.5 Å². The summed E-state index contributed by atoms with van der Waals surface area (Å²) < 4.78 is 5.14. The molecule has 1 aromatic carbocycles. The molecule has 0 aliphatic heterocycles. The maximum atomic E-state index is 12.2. The zero-order valence-electron chi connectivity index (χ0n) is 10.8. The maximum Gasteiger partial charge on any atom is 0.289 e. The summed E-state index contributed by atoms with van der Waals surface area (Å²) in [6.45, 7) is 1.62. The summed E-state index contributed by atoms with van der Waals surface area (Å²) in [5, 5.41) is 0. The van der Waals surface area contributed by atoms with E-state index in [1.54, 1.807) is 17.0 Å². The normalized spacial score (nSPS) is 10.4. The lowest BCUT2D eigenvalue weighted by Gasteiger charge is -2.20. The van der Waals surface area contributed by atoms with E-state index in [0.29, 0.717) is 25.4 Å². The number of amides is 1. The summed E-state index contributed by atoms with van der Waals surface area (Å²) in [7, 11) is 0. The Kier molecular flexibility index (Phi) is 4.75. The van der Waals surface area contributed by atoms with Gasteiger partial charge in [-0.05, 0) is 24.1 Å². The first kappa shape index (κ1) is 13.4. The van der Waals surface area contributed by atoms with E-state index in [2.05, 4.69) is 12.1 Å². The van der Waals surface area contributed by atoms with E-state index in [4.69, 9.17) is 10.2 Å². The molecule has 0 aliphatic rings. The molecule has 0 saturated heterocycles. The van der Waals surface area contributed by atoms with Crippen LogP contribution in [0.2, 0.25) is 0 Å². The fourth-order valence-corrected chi connectivity index (χ4v) is 1.94. The molecule has 4 nitrogen and oxygen atoms in total. The third-order valence-corrected chi connectivity index (χ3v) is 2.93. The number of furan rings is 1. The van der Waals surface area contributed by atoms with Gasteiger partial charge in [0.1, 0.15) is 0 Å². The van der Waals surface area contributed by atoms with E-state index in [0.717, 1.165) is 6.42 Å². The lowest BCUT2D eigenvalue weighted by molar-refractivity contribution is 0.0730. The van der Waals surface area contributed by atoms with Gasteiger partial charge in [-0.25, -0.2) is 0 Å². The number of carbonyl (C=O) groups excluding carboxylic acids is 1. The van der Waals surface area contributed by atoms with Gasteiger partial charge in [0.05, 0.1) is 6.26 Å². The molecule has 4 heteroatoms. The molecule has 2 rings (SSSR count). The van der Waals surface area contributed by atoms with Gasteiger partial charge in [0.25, 0.3) is 5.91 Å². The minimum atomic E-state index is -0.105. The van der Waals surface area contributed by atoms with E-state index in [1.165, 1.54) is 11.8 Å². The van der Waals surface area contributed by atoms with Gasteiger partial charge in [0, 0.05) is 19.6 Å². The Bertz CT molecular complexity index is 494. The molecule has 1 aromatic heterocycles. The highest BCUT2D eigenvalue weighted by Gasteiger charge is 2.17. The van der Waals surface area contributed by atoms with E-state index in [9.17, 15) is 4.79 Å². The van der Waals surface area contributed by atoms with Crippen LogP contribution < -0.4 is 5.73 Å². The highest BCUT2D eigenvalue weighted by molar-refractivity contribution is 5.91. The third-order valence-electron chi connectivity index (χ3n) is 2.93. The number of benzene rings is 1. The van der Waals surface area contributed by atoms with Crippen LogP contribution in [0.25, 0.3) is 0 Å². The Morgan fingerprint density at radius 3 is 2.53 bits per heavy atom. The smallest absolute Gasteiger partial charge is 0.289 e. The standard InChI is InChI=1S/C15H18N2O2/c16-9-11-17(15(18)14-7-4-12-19-14)10-8-13-5-2-1-3-6-13/h1-7,12H,8-11,16H2. The van der Waals surface area contributed by atoms with Gasteiger partial charge in [-0.1, -0.05) is 30.3 Å². The average Bonchev–Trinajstić information content (AvgIpc) is 2.98. The minimum absolute atomic E-state index is 0.105. The van der Waals surface area contributed by atoms with Crippen LogP contribution in [-0.4, -0.2) is 30.4 Å². The third kappa shape index (κ3) is 3.69. The number of nitrogens with zero attached hydrogens (tertiary/aromatic N) is 1. The van der Waals surface area contributed by atoms with Crippen molar-refractivity contribution in [1.82, 2.24) is 4.90 Å². The van der Waals surface area contributed by atoms with Crippen molar-refractivity contribution in [1.29, 1.82) is 0 Å². The molecule has 0 bridgehead atoms. The number of hydrogen-bond acceptors (Lipinski definition) is 3. The van der Waals surface area contributed by atoms with Gasteiger partial charge < -0.3 is 15.1 Å². The lowest BCUT2D eigenvalue weighted by Crippen LogP contribution is -2.36. The first-order valence-electron chi connectivity index (χ1n) is 6.38. The van der Waals surface area contributed by atoms with Gasteiger partial charge in [-0.3, -0.25) is 4.79 Å². The first-order chi connectivity index (χ1) is 9.31. The first-order valence-corrected chi connectivity index (χ1v) is 6.38. The van der Waals surface area contributed by atoms with Crippen molar-refractivity contribution >= 4 is 5.91 Å². The summed E-state index contributed by atoms with van der Waals surface area (Å²) >= 11 is 0. The molecule has 1 heterocycles. The van der Waals surface area contributed by atoms with Crippen LogP contribution in [0.1, 0.15) is 16.1 Å². The monoisotopic (exact) mass is 258 g/mol. The van der Waals surface area contributed by atoms with Crippen LogP contribution >= 0.6 is 0 Å². The van der Waals surface area contributed by atoms with Crippen molar-refractivity contribution in [2.24, 2.45) is 5.73 Å². The van der Waals surface area contributed by atoms with Gasteiger partial charge in [-0.2, -0.15) is 0 Å². The largest absolute Gasteiger partial charge is 0.459 e. The Balaban J connectivity index is 1.98. The van der Waals surface area contributed by atoms with Crippen LogP contribution in [0.4, 0.5) is 0 Å². The van der Waals surface area contributed by atoms with Crippen molar-refractivity contribution < 1.29 is 9.21 Å². The van der Waals surface area contributed by atoms with Crippen molar-refractivity contribution in [3.8, 4) is 0 Å². The van der Waals surface area contributed by atoms with Gasteiger partial charge in [0.2, 0.25) is 0 Å². The number of hydrogen-bond donors (Lipinski definition) is 1. The zero-order valence-corrected chi connectivity index (χ0v) is 10.8. The van der Waals surface area contributed by atoms with Crippen molar-refractivity contribution in [2.75, 3.05) is 19.6 Å². The predicted molar refractivity (Wildman–Crippen MR) is 73.8 cm³/mol. The molecule has 0 aliphatic carbocycles. The lowest BCUT2D eigenvalue weighted by atomic mass is 10.1. The number of carbonyl (C=O) groups is 1. The molecule has 0 spiro atoms. The molecule has 0 fully saturated rings. The van der Waals surface area contributed by atoms with Crippen molar-refractivity contribution in [3.63, 3.8) is 0 Å². The molecule has 2 aromatic rings. The molecule has 0 saturated carbocycles. The molecule has 0 radical (unpaired) electrons. The van der Waals surface area contributed by atoms with Crippen LogP contribution in [0.15, 0.2) is 53.1 Å². The number of nitrogens with two attached hydrogens (primary N) is 1. The van der Waals surface area contributed by atoms with Crippen LogP contribution in [0.5, 0.6) is 0 Å². The molecular weight excluding hydrogens is 240 g/mol. The van der Waals surface area contributed by atoms with E-state index in [-0.39, 0.29) is 5.91 Å². The Labute approximate surface area is 112 Å². The van der Waals surface area contributed by atoms with Crippen molar-refractivity contribution in [2.45, 2.75) is 6.42 Å². The fourth-order valence-electron chi connectivity index (χ4n) is 1.94. The summed E-state index contributed by atoms with van der Waals surface area (Å²) in [4.78, 5) is 13.9. The summed E-state index contributed by atoms with van der Waals surface area (Å²) in [5.74, 6) is 0.257. The molecule has 100 valence electrons. The highest BCUT2D eigenvalue weighted by atomic mass is 16.3. The summed E-state index contributed by atoms with van der Waals surface area (Å²) in [6.07, 6.45) is 2.32. The SMILES string of the molecule is NCCN(CCc1ccccc1)C(=O)c1ccco1. The highest BCUT2D eigenvalue weighted by Crippen LogP contribution is 2.07.